The number of nitrogens with zero attached hydrogens (tertiary/aromatic N) is 2. The summed E-state index contributed by atoms with van der Waals surface area (Å²) >= 11 is 6.02. The number of aromatic amines is 1. The van der Waals surface area contributed by atoms with Gasteiger partial charge in [0.15, 0.2) is 0 Å². The highest BCUT2D eigenvalue weighted by Crippen LogP contribution is 2.26. The van der Waals surface area contributed by atoms with E-state index in [9.17, 15) is 4.79 Å². The number of halogens is 1. The van der Waals surface area contributed by atoms with Gasteiger partial charge in [0.25, 0.3) is 0 Å². The van der Waals surface area contributed by atoms with Crippen LogP contribution < -0.4 is 10.2 Å². The molecular weight excluding hydrogens is 300 g/mol. The van der Waals surface area contributed by atoms with Gasteiger partial charge in [0.1, 0.15) is 0 Å². The van der Waals surface area contributed by atoms with Crippen molar-refractivity contribution in [3.05, 3.63) is 23.2 Å². The second-order valence-electron chi connectivity index (χ2n) is 6.29. The molecule has 1 aliphatic heterocycles. The van der Waals surface area contributed by atoms with Crippen molar-refractivity contribution in [2.24, 2.45) is 5.92 Å². The molecule has 2 heterocycles. The van der Waals surface area contributed by atoms with Gasteiger partial charge in [-0.25, -0.2) is 4.98 Å². The number of carbonyl (C=O) groups excluding carboxylic acids is 1. The Kier molecular flexibility index (Phi) is 3.45. The lowest BCUT2D eigenvalue weighted by Crippen LogP contribution is -2.44. The Labute approximate surface area is 134 Å². The third-order valence-electron chi connectivity index (χ3n) is 4.45. The van der Waals surface area contributed by atoms with Gasteiger partial charge >= 0.3 is 0 Å². The summed E-state index contributed by atoms with van der Waals surface area (Å²) in [6.45, 7) is 1.66. The summed E-state index contributed by atoms with van der Waals surface area (Å²) in [6, 6.07) is 6.07. The Hall–Kier alpha value is -1.75. The number of amides is 1. The van der Waals surface area contributed by atoms with Crippen LogP contribution in [0.5, 0.6) is 0 Å². The highest BCUT2D eigenvalue weighted by atomic mass is 35.5. The maximum absolute atomic E-state index is 12.3. The van der Waals surface area contributed by atoms with Crippen LogP contribution in [0.2, 0.25) is 5.02 Å². The van der Waals surface area contributed by atoms with Gasteiger partial charge in [0.05, 0.1) is 17.0 Å². The van der Waals surface area contributed by atoms with E-state index in [1.165, 1.54) is 0 Å². The lowest BCUT2D eigenvalue weighted by molar-refractivity contribution is -0.125. The van der Waals surface area contributed by atoms with E-state index in [0.717, 1.165) is 55.8 Å². The summed E-state index contributed by atoms with van der Waals surface area (Å²) in [5.74, 6) is 1.10. The van der Waals surface area contributed by atoms with Crippen LogP contribution in [0.3, 0.4) is 0 Å². The number of imidazole rings is 1. The van der Waals surface area contributed by atoms with Gasteiger partial charge in [-0.05, 0) is 43.9 Å². The van der Waals surface area contributed by atoms with Crippen molar-refractivity contribution in [3.63, 3.8) is 0 Å². The van der Waals surface area contributed by atoms with E-state index in [4.69, 9.17) is 11.6 Å². The minimum absolute atomic E-state index is 0.0613. The van der Waals surface area contributed by atoms with E-state index in [1.54, 1.807) is 0 Å². The molecular formula is C16H19ClN4O. The van der Waals surface area contributed by atoms with Gasteiger partial charge in [-0.2, -0.15) is 0 Å². The molecule has 2 aromatic rings. The molecule has 2 fully saturated rings. The molecule has 0 radical (unpaired) electrons. The summed E-state index contributed by atoms with van der Waals surface area (Å²) in [5.41, 5.74) is 1.84. The van der Waals surface area contributed by atoms with Gasteiger partial charge in [-0.15, -0.1) is 0 Å². The van der Waals surface area contributed by atoms with E-state index in [-0.39, 0.29) is 11.8 Å². The summed E-state index contributed by atoms with van der Waals surface area (Å²) in [5, 5.41) is 3.81. The largest absolute Gasteiger partial charge is 0.353 e. The van der Waals surface area contributed by atoms with Crippen molar-refractivity contribution < 1.29 is 4.79 Å². The van der Waals surface area contributed by atoms with Crippen molar-refractivity contribution in [2.75, 3.05) is 18.0 Å². The zero-order chi connectivity index (χ0) is 15.1. The summed E-state index contributed by atoms with van der Waals surface area (Å²) < 4.78 is 0. The number of fused-ring (bicyclic) bond motifs is 1. The van der Waals surface area contributed by atoms with Crippen molar-refractivity contribution in [3.8, 4) is 0 Å². The summed E-state index contributed by atoms with van der Waals surface area (Å²) in [4.78, 5) is 22.4. The van der Waals surface area contributed by atoms with Crippen molar-refractivity contribution >= 4 is 34.5 Å². The second-order valence-corrected chi connectivity index (χ2v) is 6.73. The maximum Gasteiger partial charge on any atom is 0.225 e. The molecule has 1 saturated heterocycles. The Morgan fingerprint density at radius 1 is 1.36 bits per heavy atom. The van der Waals surface area contributed by atoms with Crippen LogP contribution >= 0.6 is 11.6 Å². The molecule has 1 aromatic carbocycles. The average molecular weight is 319 g/mol. The van der Waals surface area contributed by atoms with E-state index in [1.807, 2.05) is 18.2 Å². The first-order valence-corrected chi connectivity index (χ1v) is 8.27. The molecule has 2 N–H and O–H groups in total. The molecule has 5 nitrogen and oxygen atoms in total. The monoisotopic (exact) mass is 318 g/mol. The van der Waals surface area contributed by atoms with Crippen molar-refractivity contribution in [1.82, 2.24) is 15.3 Å². The van der Waals surface area contributed by atoms with Crippen LogP contribution in [-0.2, 0) is 4.79 Å². The average Bonchev–Trinajstić information content (AvgIpc) is 3.23. The van der Waals surface area contributed by atoms with E-state index in [2.05, 4.69) is 20.2 Å². The molecule has 1 saturated carbocycles. The number of hydrogen-bond acceptors (Lipinski definition) is 3. The summed E-state index contributed by atoms with van der Waals surface area (Å²) in [6.07, 6.45) is 4.24. The molecule has 1 atom stereocenters. The van der Waals surface area contributed by atoms with Gasteiger partial charge < -0.3 is 15.2 Å². The van der Waals surface area contributed by atoms with Crippen LogP contribution in [0.25, 0.3) is 11.0 Å². The fraction of sp³-hybridized carbons (Fsp3) is 0.500. The molecule has 6 heteroatoms. The zero-order valence-electron chi connectivity index (χ0n) is 12.3. The van der Waals surface area contributed by atoms with Gasteiger partial charge in [-0.1, -0.05) is 11.6 Å². The number of benzene rings is 1. The Balaban J connectivity index is 1.51. The highest BCUT2D eigenvalue weighted by molar-refractivity contribution is 6.31. The topological polar surface area (TPSA) is 61.0 Å². The minimum atomic E-state index is 0.0613. The molecule has 116 valence electrons. The third-order valence-corrected chi connectivity index (χ3v) is 4.68. The normalized spacial score (nSPS) is 22.0. The fourth-order valence-electron chi connectivity index (χ4n) is 3.05. The molecule has 4 rings (SSSR count). The quantitative estimate of drug-likeness (QED) is 0.914. The second kappa shape index (κ2) is 5.47. The van der Waals surface area contributed by atoms with E-state index >= 15 is 0 Å². The van der Waals surface area contributed by atoms with Crippen LogP contribution in [0.4, 0.5) is 5.95 Å². The van der Waals surface area contributed by atoms with Crippen molar-refractivity contribution in [2.45, 2.75) is 31.7 Å². The minimum Gasteiger partial charge on any atom is -0.353 e. The number of piperidine rings is 1. The number of rotatable bonds is 3. The number of carbonyl (C=O) groups is 1. The number of H-pyrrole nitrogens is 1. The number of aromatic nitrogens is 2. The lowest BCUT2D eigenvalue weighted by Gasteiger charge is -2.31. The van der Waals surface area contributed by atoms with E-state index < -0.39 is 0 Å². The maximum atomic E-state index is 12.3. The molecule has 1 aliphatic carbocycles. The first-order valence-electron chi connectivity index (χ1n) is 7.89. The van der Waals surface area contributed by atoms with Gasteiger partial charge in [0, 0.05) is 24.2 Å². The Bertz CT molecular complexity index is 709. The molecule has 1 unspecified atom stereocenters. The van der Waals surface area contributed by atoms with Crippen LogP contribution in [-0.4, -0.2) is 35.0 Å². The van der Waals surface area contributed by atoms with Crippen LogP contribution in [0.1, 0.15) is 25.7 Å². The number of anilines is 1. The predicted molar refractivity (Wildman–Crippen MR) is 87.2 cm³/mol. The first-order chi connectivity index (χ1) is 10.7. The molecule has 1 amide bonds. The lowest BCUT2D eigenvalue weighted by atomic mass is 9.97. The molecule has 0 bridgehead atoms. The number of nitrogens with one attached hydrogen (secondary N) is 2. The predicted octanol–water partition coefficient (Wildman–Crippen LogP) is 2.71. The molecule has 2 aliphatic rings. The van der Waals surface area contributed by atoms with Gasteiger partial charge in [0.2, 0.25) is 11.9 Å². The van der Waals surface area contributed by atoms with Crippen LogP contribution in [0.15, 0.2) is 18.2 Å². The molecule has 22 heavy (non-hydrogen) atoms. The number of hydrogen-bond donors (Lipinski definition) is 2. The fourth-order valence-corrected chi connectivity index (χ4v) is 3.22. The third kappa shape index (κ3) is 2.77. The highest BCUT2D eigenvalue weighted by Gasteiger charge is 2.31. The smallest absolute Gasteiger partial charge is 0.225 e. The zero-order valence-corrected chi connectivity index (χ0v) is 13.1. The first kappa shape index (κ1) is 13.9. The van der Waals surface area contributed by atoms with Crippen molar-refractivity contribution in [1.29, 1.82) is 0 Å². The standard InChI is InChI=1S/C16H19ClN4O/c17-11-3-6-13-14(8-11)20-16(19-13)21-7-1-2-10(9-21)15(22)18-12-4-5-12/h3,6,8,10,12H,1-2,4-5,7,9H2,(H,18,22)(H,19,20). The molecule has 1 aromatic heterocycles. The van der Waals surface area contributed by atoms with Gasteiger partial charge in [-0.3, -0.25) is 4.79 Å². The van der Waals surface area contributed by atoms with E-state index in [0.29, 0.717) is 11.1 Å². The summed E-state index contributed by atoms with van der Waals surface area (Å²) in [7, 11) is 0. The van der Waals surface area contributed by atoms with Crippen LogP contribution in [0, 0.1) is 5.92 Å². The molecule has 0 spiro atoms. The SMILES string of the molecule is O=C(NC1CC1)C1CCCN(c2nc3ccc(Cl)cc3[nH]2)C1. The Morgan fingerprint density at radius 3 is 3.05 bits per heavy atom. The Morgan fingerprint density at radius 2 is 2.23 bits per heavy atom.